The molecule has 0 saturated heterocycles. The van der Waals surface area contributed by atoms with Gasteiger partial charge in [-0.3, -0.25) is 0 Å². The second-order valence-electron chi connectivity index (χ2n) is 3.84. The number of ether oxygens (including phenoxy) is 1. The SMILES string of the molecule is CCCN(CC)CCCCCCOC. The van der Waals surface area contributed by atoms with Gasteiger partial charge in [0.1, 0.15) is 0 Å². The van der Waals surface area contributed by atoms with Gasteiger partial charge in [0, 0.05) is 13.7 Å². The van der Waals surface area contributed by atoms with E-state index in [2.05, 4.69) is 18.7 Å². The average Bonchev–Trinajstić information content (AvgIpc) is 2.21. The molecule has 86 valence electrons. The Balaban J connectivity index is 3.15. The van der Waals surface area contributed by atoms with Crippen LogP contribution in [-0.2, 0) is 4.74 Å². The van der Waals surface area contributed by atoms with Crippen LogP contribution in [0.2, 0.25) is 0 Å². The third kappa shape index (κ3) is 8.52. The Hall–Kier alpha value is -0.0800. The van der Waals surface area contributed by atoms with Gasteiger partial charge < -0.3 is 9.64 Å². The molecular weight excluding hydrogens is 174 g/mol. The van der Waals surface area contributed by atoms with E-state index in [4.69, 9.17) is 4.74 Å². The summed E-state index contributed by atoms with van der Waals surface area (Å²) in [5.74, 6) is 0. The molecule has 0 aromatic rings. The molecule has 0 radical (unpaired) electrons. The van der Waals surface area contributed by atoms with Crippen LogP contribution in [0.3, 0.4) is 0 Å². The minimum absolute atomic E-state index is 0.923. The van der Waals surface area contributed by atoms with Gasteiger partial charge in [-0.2, -0.15) is 0 Å². The molecular formula is C12H27NO. The zero-order valence-corrected chi connectivity index (χ0v) is 10.2. The molecule has 0 atom stereocenters. The van der Waals surface area contributed by atoms with Gasteiger partial charge in [0.15, 0.2) is 0 Å². The highest BCUT2D eigenvalue weighted by Crippen LogP contribution is 2.02. The summed E-state index contributed by atoms with van der Waals surface area (Å²) in [5.41, 5.74) is 0. The van der Waals surface area contributed by atoms with Crippen LogP contribution in [0.25, 0.3) is 0 Å². The van der Waals surface area contributed by atoms with Gasteiger partial charge in [-0.1, -0.05) is 26.7 Å². The van der Waals surface area contributed by atoms with Crippen molar-refractivity contribution in [3.05, 3.63) is 0 Å². The second-order valence-corrected chi connectivity index (χ2v) is 3.84. The lowest BCUT2D eigenvalue weighted by Gasteiger charge is -2.18. The first kappa shape index (κ1) is 13.9. The first-order valence-electron chi connectivity index (χ1n) is 6.06. The maximum absolute atomic E-state index is 5.02. The van der Waals surface area contributed by atoms with Gasteiger partial charge >= 0.3 is 0 Å². The molecule has 0 amide bonds. The average molecular weight is 201 g/mol. The van der Waals surface area contributed by atoms with E-state index < -0.39 is 0 Å². The third-order valence-electron chi connectivity index (χ3n) is 2.56. The zero-order chi connectivity index (χ0) is 10.6. The van der Waals surface area contributed by atoms with Crippen LogP contribution in [0.15, 0.2) is 0 Å². The summed E-state index contributed by atoms with van der Waals surface area (Å²) in [4.78, 5) is 2.54. The molecule has 0 saturated carbocycles. The van der Waals surface area contributed by atoms with Crippen LogP contribution in [0.1, 0.15) is 46.0 Å². The summed E-state index contributed by atoms with van der Waals surface area (Å²) in [6, 6.07) is 0. The molecule has 0 aromatic heterocycles. The first-order valence-corrected chi connectivity index (χ1v) is 6.06. The van der Waals surface area contributed by atoms with Crippen molar-refractivity contribution in [2.75, 3.05) is 33.4 Å². The summed E-state index contributed by atoms with van der Waals surface area (Å²) in [6.45, 7) is 9.16. The van der Waals surface area contributed by atoms with Crippen molar-refractivity contribution in [1.29, 1.82) is 0 Å². The molecule has 2 nitrogen and oxygen atoms in total. The highest BCUT2D eigenvalue weighted by atomic mass is 16.5. The Kier molecular flexibility index (Phi) is 10.9. The standard InChI is InChI=1S/C12H27NO/c1-4-10-13(5-2)11-8-6-7-9-12-14-3/h4-12H2,1-3H3. The zero-order valence-electron chi connectivity index (χ0n) is 10.2. The molecule has 14 heavy (non-hydrogen) atoms. The molecule has 0 aliphatic heterocycles. The monoisotopic (exact) mass is 201 g/mol. The quantitative estimate of drug-likeness (QED) is 0.504. The fourth-order valence-corrected chi connectivity index (χ4v) is 1.68. The van der Waals surface area contributed by atoms with E-state index in [0.717, 1.165) is 6.61 Å². The Morgan fingerprint density at radius 1 is 0.929 bits per heavy atom. The molecule has 0 N–H and O–H groups in total. The van der Waals surface area contributed by atoms with Crippen LogP contribution in [0.4, 0.5) is 0 Å². The summed E-state index contributed by atoms with van der Waals surface area (Å²) in [5, 5.41) is 0. The largest absolute Gasteiger partial charge is 0.385 e. The van der Waals surface area contributed by atoms with Gasteiger partial charge in [0.2, 0.25) is 0 Å². The van der Waals surface area contributed by atoms with Crippen molar-refractivity contribution < 1.29 is 4.74 Å². The maximum Gasteiger partial charge on any atom is 0.0462 e. The summed E-state index contributed by atoms with van der Waals surface area (Å²) in [7, 11) is 1.78. The highest BCUT2D eigenvalue weighted by Gasteiger charge is 1.99. The third-order valence-corrected chi connectivity index (χ3v) is 2.56. The lowest BCUT2D eigenvalue weighted by atomic mass is 10.2. The predicted molar refractivity (Wildman–Crippen MR) is 62.7 cm³/mol. The normalized spacial score (nSPS) is 11.1. The molecule has 0 aliphatic carbocycles. The number of rotatable bonds is 10. The molecule has 0 rings (SSSR count). The molecule has 0 bridgehead atoms. The van der Waals surface area contributed by atoms with E-state index in [1.54, 1.807) is 7.11 Å². The molecule has 0 aliphatic rings. The summed E-state index contributed by atoms with van der Waals surface area (Å²) in [6.07, 6.45) is 6.51. The smallest absolute Gasteiger partial charge is 0.0462 e. The van der Waals surface area contributed by atoms with E-state index >= 15 is 0 Å². The second kappa shape index (κ2) is 11.0. The van der Waals surface area contributed by atoms with Gasteiger partial charge in [-0.05, 0) is 38.9 Å². The summed E-state index contributed by atoms with van der Waals surface area (Å²) < 4.78 is 5.02. The maximum atomic E-state index is 5.02. The first-order chi connectivity index (χ1) is 6.85. The number of methoxy groups -OCH3 is 1. The molecule has 0 spiro atoms. The van der Waals surface area contributed by atoms with Crippen LogP contribution in [0.5, 0.6) is 0 Å². The number of nitrogens with zero attached hydrogens (tertiary/aromatic N) is 1. The van der Waals surface area contributed by atoms with Crippen LogP contribution in [-0.4, -0.2) is 38.3 Å². The topological polar surface area (TPSA) is 12.5 Å². The van der Waals surface area contributed by atoms with Crippen molar-refractivity contribution in [2.45, 2.75) is 46.0 Å². The van der Waals surface area contributed by atoms with Crippen molar-refractivity contribution in [3.63, 3.8) is 0 Å². The Labute approximate surface area is 89.6 Å². The van der Waals surface area contributed by atoms with Crippen molar-refractivity contribution >= 4 is 0 Å². The van der Waals surface area contributed by atoms with Gasteiger partial charge in [-0.25, -0.2) is 0 Å². The number of hydrogen-bond acceptors (Lipinski definition) is 2. The number of unbranched alkanes of at least 4 members (excludes halogenated alkanes) is 3. The van der Waals surface area contributed by atoms with Crippen LogP contribution >= 0.6 is 0 Å². The van der Waals surface area contributed by atoms with Crippen molar-refractivity contribution in [2.24, 2.45) is 0 Å². The van der Waals surface area contributed by atoms with Gasteiger partial charge in [0.05, 0.1) is 0 Å². The molecule has 0 heterocycles. The van der Waals surface area contributed by atoms with Crippen LogP contribution < -0.4 is 0 Å². The number of hydrogen-bond donors (Lipinski definition) is 0. The fraction of sp³-hybridized carbons (Fsp3) is 1.00. The lowest BCUT2D eigenvalue weighted by Crippen LogP contribution is -2.25. The Morgan fingerprint density at radius 2 is 1.64 bits per heavy atom. The van der Waals surface area contributed by atoms with Crippen molar-refractivity contribution in [3.8, 4) is 0 Å². The van der Waals surface area contributed by atoms with E-state index in [9.17, 15) is 0 Å². The van der Waals surface area contributed by atoms with E-state index in [-0.39, 0.29) is 0 Å². The lowest BCUT2D eigenvalue weighted by molar-refractivity contribution is 0.191. The fourth-order valence-electron chi connectivity index (χ4n) is 1.68. The van der Waals surface area contributed by atoms with Crippen LogP contribution in [0, 0.1) is 0 Å². The van der Waals surface area contributed by atoms with Gasteiger partial charge in [-0.15, -0.1) is 0 Å². The van der Waals surface area contributed by atoms with E-state index in [1.165, 1.54) is 51.7 Å². The Morgan fingerprint density at radius 3 is 2.21 bits per heavy atom. The molecule has 2 heteroatoms. The molecule has 0 unspecified atom stereocenters. The van der Waals surface area contributed by atoms with E-state index in [0.29, 0.717) is 0 Å². The molecule has 0 aromatic carbocycles. The van der Waals surface area contributed by atoms with Gasteiger partial charge in [0.25, 0.3) is 0 Å². The minimum atomic E-state index is 0.923. The van der Waals surface area contributed by atoms with Crippen molar-refractivity contribution in [1.82, 2.24) is 4.90 Å². The summed E-state index contributed by atoms with van der Waals surface area (Å²) >= 11 is 0. The van der Waals surface area contributed by atoms with E-state index in [1.807, 2.05) is 0 Å². The molecule has 0 fully saturated rings. The predicted octanol–water partition coefficient (Wildman–Crippen LogP) is 2.93. The highest BCUT2D eigenvalue weighted by molar-refractivity contribution is 4.54. The Bertz CT molecular complexity index is 106. The minimum Gasteiger partial charge on any atom is -0.385 e.